The highest BCUT2D eigenvalue weighted by molar-refractivity contribution is 5.94. The predicted molar refractivity (Wildman–Crippen MR) is 102 cm³/mol. The van der Waals surface area contributed by atoms with Gasteiger partial charge in [-0.1, -0.05) is 32.9 Å². The Labute approximate surface area is 155 Å². The summed E-state index contributed by atoms with van der Waals surface area (Å²) in [5.41, 5.74) is 2.07. The molecule has 1 aliphatic heterocycles. The van der Waals surface area contributed by atoms with E-state index in [-0.39, 0.29) is 29.8 Å². The second kappa shape index (κ2) is 7.58. The van der Waals surface area contributed by atoms with Crippen LogP contribution in [0.25, 0.3) is 0 Å². The quantitative estimate of drug-likeness (QED) is 0.893. The van der Waals surface area contributed by atoms with Crippen molar-refractivity contribution in [1.82, 2.24) is 19.8 Å². The molecule has 2 heterocycles. The molecule has 1 aliphatic rings. The Balaban J connectivity index is 0.00000225. The molecule has 25 heavy (non-hydrogen) atoms. The van der Waals surface area contributed by atoms with Crippen LogP contribution in [0, 0.1) is 0 Å². The summed E-state index contributed by atoms with van der Waals surface area (Å²) in [6.07, 6.45) is 3.70. The average molecular weight is 363 g/mol. The van der Waals surface area contributed by atoms with Crippen molar-refractivity contribution in [3.8, 4) is 0 Å². The molecule has 0 bridgehead atoms. The van der Waals surface area contributed by atoms with Crippen molar-refractivity contribution in [2.75, 3.05) is 19.6 Å². The van der Waals surface area contributed by atoms with Gasteiger partial charge in [-0.3, -0.25) is 4.79 Å². The van der Waals surface area contributed by atoms with Crippen molar-refractivity contribution in [3.63, 3.8) is 0 Å². The zero-order valence-electron chi connectivity index (χ0n) is 15.3. The molecule has 1 N–H and O–H groups in total. The second-order valence-electron chi connectivity index (χ2n) is 7.44. The minimum absolute atomic E-state index is 0. The molecule has 1 amide bonds. The summed E-state index contributed by atoms with van der Waals surface area (Å²) in [5.74, 6) is 0.992. The van der Waals surface area contributed by atoms with Gasteiger partial charge in [0, 0.05) is 44.6 Å². The van der Waals surface area contributed by atoms with Crippen molar-refractivity contribution >= 4 is 18.3 Å². The van der Waals surface area contributed by atoms with E-state index in [1.54, 1.807) is 6.20 Å². The zero-order valence-corrected chi connectivity index (χ0v) is 16.1. The molecule has 136 valence electrons. The largest absolute Gasteiger partial charge is 0.336 e. The maximum absolute atomic E-state index is 13.0. The van der Waals surface area contributed by atoms with E-state index in [1.807, 2.05) is 34.8 Å². The third-order valence-corrected chi connectivity index (χ3v) is 4.66. The summed E-state index contributed by atoms with van der Waals surface area (Å²) in [4.78, 5) is 19.4. The molecule has 0 spiro atoms. The molecule has 1 unspecified atom stereocenters. The third kappa shape index (κ3) is 4.05. The molecule has 0 saturated carbocycles. The number of halogens is 1. The van der Waals surface area contributed by atoms with Gasteiger partial charge in [0.15, 0.2) is 0 Å². The van der Waals surface area contributed by atoms with Crippen molar-refractivity contribution in [2.24, 2.45) is 7.05 Å². The first-order valence-corrected chi connectivity index (χ1v) is 8.47. The fourth-order valence-electron chi connectivity index (χ4n) is 3.15. The molecule has 0 radical (unpaired) electrons. The fourth-order valence-corrected chi connectivity index (χ4v) is 3.15. The number of carbonyl (C=O) groups is 1. The summed E-state index contributed by atoms with van der Waals surface area (Å²) in [5, 5.41) is 3.37. The SMILES string of the molecule is Cl.Cn1ccnc1C1CNCCN1C(=O)c1ccc(C(C)(C)C)cc1. The van der Waals surface area contributed by atoms with E-state index in [2.05, 4.69) is 43.2 Å². The Hall–Kier alpha value is -1.85. The molecule has 1 fully saturated rings. The molecule has 1 aromatic carbocycles. The van der Waals surface area contributed by atoms with E-state index in [9.17, 15) is 4.79 Å². The first-order chi connectivity index (χ1) is 11.4. The number of carbonyl (C=O) groups excluding carboxylic acids is 1. The van der Waals surface area contributed by atoms with Gasteiger partial charge in [-0.2, -0.15) is 0 Å². The minimum atomic E-state index is -0.0338. The molecule has 3 rings (SSSR count). The molecular formula is C19H27ClN4O. The lowest BCUT2D eigenvalue weighted by Gasteiger charge is -2.36. The van der Waals surface area contributed by atoms with Gasteiger partial charge in [0.25, 0.3) is 5.91 Å². The Morgan fingerprint density at radius 2 is 1.92 bits per heavy atom. The van der Waals surface area contributed by atoms with Gasteiger partial charge >= 0.3 is 0 Å². The number of amides is 1. The first-order valence-electron chi connectivity index (χ1n) is 8.47. The minimum Gasteiger partial charge on any atom is -0.336 e. The first kappa shape index (κ1) is 19.5. The number of benzene rings is 1. The van der Waals surface area contributed by atoms with Crippen molar-refractivity contribution in [3.05, 3.63) is 53.6 Å². The molecule has 0 aliphatic carbocycles. The van der Waals surface area contributed by atoms with Crippen molar-refractivity contribution in [1.29, 1.82) is 0 Å². The van der Waals surface area contributed by atoms with Crippen LogP contribution < -0.4 is 5.32 Å². The maximum Gasteiger partial charge on any atom is 0.254 e. The number of piperazine rings is 1. The van der Waals surface area contributed by atoms with Gasteiger partial charge in [-0.15, -0.1) is 12.4 Å². The van der Waals surface area contributed by atoms with E-state index in [0.717, 1.165) is 24.5 Å². The Morgan fingerprint density at radius 3 is 2.48 bits per heavy atom. The van der Waals surface area contributed by atoms with Crippen LogP contribution in [0.3, 0.4) is 0 Å². The van der Waals surface area contributed by atoms with Crippen molar-refractivity contribution < 1.29 is 4.79 Å². The van der Waals surface area contributed by atoms with Crippen LogP contribution >= 0.6 is 12.4 Å². The van der Waals surface area contributed by atoms with Gasteiger partial charge in [0.2, 0.25) is 0 Å². The lowest BCUT2D eigenvalue weighted by Crippen LogP contribution is -2.49. The molecule has 5 nitrogen and oxygen atoms in total. The second-order valence-corrected chi connectivity index (χ2v) is 7.44. The van der Waals surface area contributed by atoms with E-state index in [0.29, 0.717) is 6.54 Å². The van der Waals surface area contributed by atoms with Gasteiger partial charge < -0.3 is 14.8 Å². The fraction of sp³-hybridized carbons (Fsp3) is 0.474. The van der Waals surface area contributed by atoms with Gasteiger partial charge in [0.05, 0.1) is 0 Å². The number of hydrogen-bond donors (Lipinski definition) is 1. The maximum atomic E-state index is 13.0. The summed E-state index contributed by atoms with van der Waals surface area (Å²) in [6.45, 7) is 8.77. The lowest BCUT2D eigenvalue weighted by atomic mass is 9.86. The lowest BCUT2D eigenvalue weighted by molar-refractivity contribution is 0.0621. The number of aromatic nitrogens is 2. The van der Waals surface area contributed by atoms with E-state index < -0.39 is 0 Å². The van der Waals surface area contributed by atoms with Crippen LogP contribution in [0.2, 0.25) is 0 Å². The molecule has 1 saturated heterocycles. The average Bonchev–Trinajstić information content (AvgIpc) is 2.99. The van der Waals surface area contributed by atoms with Crippen molar-refractivity contribution in [2.45, 2.75) is 32.2 Å². The highest BCUT2D eigenvalue weighted by atomic mass is 35.5. The standard InChI is InChI=1S/C19H26N4O.ClH/c1-19(2,3)15-7-5-14(6-8-15)18(24)23-12-9-20-13-16(23)17-21-10-11-22(17)4;/h5-8,10-11,16,20H,9,12-13H2,1-4H3;1H. The third-order valence-electron chi connectivity index (χ3n) is 4.66. The van der Waals surface area contributed by atoms with Crippen LogP contribution in [0.5, 0.6) is 0 Å². The highest BCUT2D eigenvalue weighted by Crippen LogP contribution is 2.25. The van der Waals surface area contributed by atoms with Gasteiger partial charge in [-0.05, 0) is 23.1 Å². The predicted octanol–water partition coefficient (Wildman–Crippen LogP) is 2.93. The van der Waals surface area contributed by atoms with E-state index >= 15 is 0 Å². The van der Waals surface area contributed by atoms with Crippen LogP contribution in [-0.2, 0) is 12.5 Å². The van der Waals surface area contributed by atoms with Gasteiger partial charge in [0.1, 0.15) is 11.9 Å². The monoisotopic (exact) mass is 362 g/mol. The summed E-state index contributed by atoms with van der Waals surface area (Å²) in [7, 11) is 1.97. The van der Waals surface area contributed by atoms with Crippen LogP contribution in [0.4, 0.5) is 0 Å². The van der Waals surface area contributed by atoms with E-state index in [4.69, 9.17) is 0 Å². The Bertz CT molecular complexity index is 718. The number of hydrogen-bond acceptors (Lipinski definition) is 3. The summed E-state index contributed by atoms with van der Waals surface area (Å²) < 4.78 is 1.99. The smallest absolute Gasteiger partial charge is 0.254 e. The number of nitrogens with one attached hydrogen (secondary N) is 1. The number of nitrogens with zero attached hydrogens (tertiary/aromatic N) is 3. The summed E-state index contributed by atoms with van der Waals surface area (Å²) >= 11 is 0. The molecule has 1 aromatic heterocycles. The van der Waals surface area contributed by atoms with Crippen LogP contribution in [-0.4, -0.2) is 40.0 Å². The van der Waals surface area contributed by atoms with Crippen LogP contribution in [0.15, 0.2) is 36.7 Å². The molecule has 6 heteroatoms. The molecular weight excluding hydrogens is 336 g/mol. The number of rotatable bonds is 2. The van der Waals surface area contributed by atoms with Crippen LogP contribution in [0.1, 0.15) is 48.6 Å². The normalized spacial score (nSPS) is 17.9. The summed E-state index contributed by atoms with van der Waals surface area (Å²) in [6, 6.07) is 7.98. The molecule has 2 aromatic rings. The number of aryl methyl sites for hydroxylation is 1. The Kier molecular flexibility index (Phi) is 5.91. The Morgan fingerprint density at radius 1 is 1.24 bits per heavy atom. The number of imidazole rings is 1. The van der Waals surface area contributed by atoms with E-state index in [1.165, 1.54) is 5.56 Å². The molecule has 1 atom stereocenters. The topological polar surface area (TPSA) is 50.2 Å². The highest BCUT2D eigenvalue weighted by Gasteiger charge is 2.31. The zero-order chi connectivity index (χ0) is 17.3. The van der Waals surface area contributed by atoms with Gasteiger partial charge in [-0.25, -0.2) is 4.98 Å².